The lowest BCUT2D eigenvalue weighted by molar-refractivity contribution is -0.145. The second-order valence-electron chi connectivity index (χ2n) is 8.08. The quantitative estimate of drug-likeness (QED) is 0.663. The van der Waals surface area contributed by atoms with Crippen LogP contribution < -0.4 is 10.6 Å². The van der Waals surface area contributed by atoms with Crippen molar-refractivity contribution in [2.24, 2.45) is 11.8 Å². The highest BCUT2D eigenvalue weighted by Gasteiger charge is 2.71. The van der Waals surface area contributed by atoms with Gasteiger partial charge in [0.05, 0.1) is 23.6 Å². The molecule has 3 aliphatic heterocycles. The number of nitrogens with one attached hydrogen (secondary N) is 2. The van der Waals surface area contributed by atoms with Gasteiger partial charge in [-0.1, -0.05) is 24.6 Å². The molecule has 3 N–H and O–H groups in total. The number of imide groups is 1. The van der Waals surface area contributed by atoms with Gasteiger partial charge < -0.3 is 10.4 Å². The SMILES string of the molecule is CC[C@H](C)N1C(=O)[C@@H]2[C@H]([C@H](C)O)N[C@@]3(C(=O)Nc4c3ccc(Cl)c4C)[C@H]2C1=O. The van der Waals surface area contributed by atoms with Crippen LogP contribution in [0.2, 0.25) is 5.02 Å². The molecule has 0 bridgehead atoms. The van der Waals surface area contributed by atoms with E-state index in [1.54, 1.807) is 26.0 Å². The molecule has 6 atom stereocenters. The molecule has 0 unspecified atom stereocenters. The number of anilines is 1. The van der Waals surface area contributed by atoms with Crippen molar-refractivity contribution in [3.63, 3.8) is 0 Å². The zero-order chi connectivity index (χ0) is 20.5. The lowest BCUT2D eigenvalue weighted by atomic mass is 9.76. The van der Waals surface area contributed by atoms with E-state index in [1.165, 1.54) is 4.90 Å². The van der Waals surface area contributed by atoms with Gasteiger partial charge in [-0.25, -0.2) is 0 Å². The second kappa shape index (κ2) is 6.27. The number of aliphatic hydroxyl groups is 1. The van der Waals surface area contributed by atoms with E-state index >= 15 is 0 Å². The standard InChI is InChI=1S/C20H24ClN3O4/c1-5-8(2)24-17(26)13-14(18(24)27)20(23-16(13)10(4)25)11-6-7-12(21)9(3)15(11)22-19(20)28/h6-8,10,13-14,16,23,25H,5H2,1-4H3,(H,22,28)/t8-,10-,13-,14+,16-,20+/m0/s1. The number of rotatable bonds is 3. The first-order chi connectivity index (χ1) is 13.2. The van der Waals surface area contributed by atoms with E-state index in [0.717, 1.165) is 0 Å². The molecule has 150 valence electrons. The van der Waals surface area contributed by atoms with Gasteiger partial charge in [-0.15, -0.1) is 0 Å². The normalized spacial score (nSPS) is 33.3. The Morgan fingerprint density at radius 3 is 2.54 bits per heavy atom. The predicted molar refractivity (Wildman–Crippen MR) is 104 cm³/mol. The van der Waals surface area contributed by atoms with Crippen molar-refractivity contribution in [2.75, 3.05) is 5.32 Å². The maximum atomic E-state index is 13.4. The third kappa shape index (κ3) is 2.21. The summed E-state index contributed by atoms with van der Waals surface area (Å²) < 4.78 is 0. The molecule has 3 aliphatic rings. The van der Waals surface area contributed by atoms with Gasteiger partial charge in [0, 0.05) is 22.7 Å². The Morgan fingerprint density at radius 2 is 1.93 bits per heavy atom. The van der Waals surface area contributed by atoms with Crippen molar-refractivity contribution < 1.29 is 19.5 Å². The summed E-state index contributed by atoms with van der Waals surface area (Å²) in [4.78, 5) is 41.1. The molecule has 4 rings (SSSR count). The summed E-state index contributed by atoms with van der Waals surface area (Å²) in [5, 5.41) is 16.9. The topological polar surface area (TPSA) is 98.7 Å². The number of benzene rings is 1. The molecule has 1 aromatic carbocycles. The van der Waals surface area contributed by atoms with E-state index in [4.69, 9.17) is 11.6 Å². The van der Waals surface area contributed by atoms with Gasteiger partial charge in [-0.2, -0.15) is 0 Å². The molecular weight excluding hydrogens is 382 g/mol. The molecule has 28 heavy (non-hydrogen) atoms. The number of amides is 3. The van der Waals surface area contributed by atoms with Crippen LogP contribution in [0.15, 0.2) is 12.1 Å². The Labute approximate surface area is 168 Å². The van der Waals surface area contributed by atoms with Crippen molar-refractivity contribution in [1.82, 2.24) is 10.2 Å². The molecule has 0 aliphatic carbocycles. The molecule has 1 spiro atoms. The lowest BCUT2D eigenvalue weighted by Crippen LogP contribution is -2.55. The number of likely N-dealkylation sites (tertiary alicyclic amines) is 1. The van der Waals surface area contributed by atoms with E-state index in [1.807, 2.05) is 13.8 Å². The summed E-state index contributed by atoms with van der Waals surface area (Å²) in [5.41, 5.74) is 0.479. The summed E-state index contributed by atoms with van der Waals surface area (Å²) in [6, 6.07) is 2.44. The van der Waals surface area contributed by atoms with Gasteiger partial charge in [-0.3, -0.25) is 24.6 Å². The van der Waals surface area contributed by atoms with E-state index in [0.29, 0.717) is 28.3 Å². The molecular formula is C20H24ClN3O4. The fourth-order valence-corrected chi connectivity index (χ4v) is 5.13. The number of halogens is 1. The van der Waals surface area contributed by atoms with Gasteiger partial charge in [0.25, 0.3) is 0 Å². The third-order valence-corrected chi connectivity index (χ3v) is 7.01. The Morgan fingerprint density at radius 1 is 1.25 bits per heavy atom. The number of fused-ring (bicyclic) bond motifs is 4. The number of nitrogens with zero attached hydrogens (tertiary/aromatic N) is 1. The van der Waals surface area contributed by atoms with Gasteiger partial charge in [0.2, 0.25) is 17.7 Å². The van der Waals surface area contributed by atoms with Crippen molar-refractivity contribution in [3.05, 3.63) is 28.3 Å². The fourth-order valence-electron chi connectivity index (χ4n) is 4.97. The molecule has 0 radical (unpaired) electrons. The molecule has 3 heterocycles. The highest BCUT2D eigenvalue weighted by atomic mass is 35.5. The van der Waals surface area contributed by atoms with Crippen LogP contribution in [0.3, 0.4) is 0 Å². The van der Waals surface area contributed by atoms with Crippen LogP contribution in [0.1, 0.15) is 38.3 Å². The van der Waals surface area contributed by atoms with Crippen LogP contribution in [0, 0.1) is 18.8 Å². The van der Waals surface area contributed by atoms with Crippen LogP contribution in [0.25, 0.3) is 0 Å². The minimum absolute atomic E-state index is 0.270. The largest absolute Gasteiger partial charge is 0.392 e. The highest BCUT2D eigenvalue weighted by Crippen LogP contribution is 2.54. The van der Waals surface area contributed by atoms with Crippen LogP contribution in [-0.4, -0.2) is 45.9 Å². The molecule has 1 aromatic rings. The number of carbonyl (C=O) groups excluding carboxylic acids is 3. The summed E-state index contributed by atoms with van der Waals surface area (Å²) in [6.45, 7) is 7.09. The Hall–Kier alpha value is -1.96. The summed E-state index contributed by atoms with van der Waals surface area (Å²) >= 11 is 6.22. The summed E-state index contributed by atoms with van der Waals surface area (Å²) in [5.74, 6) is -2.79. The molecule has 8 heteroatoms. The third-order valence-electron chi connectivity index (χ3n) is 6.60. The second-order valence-corrected chi connectivity index (χ2v) is 8.48. The smallest absolute Gasteiger partial charge is 0.250 e. The van der Waals surface area contributed by atoms with Crippen LogP contribution in [-0.2, 0) is 19.9 Å². The maximum Gasteiger partial charge on any atom is 0.250 e. The van der Waals surface area contributed by atoms with Gasteiger partial charge in [-0.05, 0) is 38.8 Å². The monoisotopic (exact) mass is 405 g/mol. The van der Waals surface area contributed by atoms with E-state index in [9.17, 15) is 19.5 Å². The molecule has 0 saturated carbocycles. The van der Waals surface area contributed by atoms with E-state index in [-0.39, 0.29) is 17.9 Å². The lowest BCUT2D eigenvalue weighted by Gasteiger charge is -2.31. The van der Waals surface area contributed by atoms with E-state index < -0.39 is 35.4 Å². The van der Waals surface area contributed by atoms with Crippen molar-refractivity contribution >= 4 is 35.0 Å². The molecule has 7 nitrogen and oxygen atoms in total. The average molecular weight is 406 g/mol. The number of carbonyl (C=O) groups is 3. The van der Waals surface area contributed by atoms with Crippen LogP contribution in [0.4, 0.5) is 5.69 Å². The number of aliphatic hydroxyl groups excluding tert-OH is 1. The maximum absolute atomic E-state index is 13.4. The van der Waals surface area contributed by atoms with Crippen molar-refractivity contribution in [1.29, 1.82) is 0 Å². The predicted octanol–water partition coefficient (Wildman–Crippen LogP) is 1.55. The number of hydrogen-bond acceptors (Lipinski definition) is 5. The zero-order valence-corrected chi connectivity index (χ0v) is 17.0. The molecule has 2 fully saturated rings. The number of hydrogen-bond donors (Lipinski definition) is 3. The zero-order valence-electron chi connectivity index (χ0n) is 16.2. The van der Waals surface area contributed by atoms with Gasteiger partial charge in [0.15, 0.2) is 0 Å². The van der Waals surface area contributed by atoms with Crippen LogP contribution >= 0.6 is 11.6 Å². The molecule has 3 amide bonds. The Balaban J connectivity index is 1.93. The first kappa shape index (κ1) is 19.4. The molecule has 2 saturated heterocycles. The Bertz CT molecular complexity index is 902. The van der Waals surface area contributed by atoms with Crippen molar-refractivity contribution in [3.8, 4) is 0 Å². The minimum Gasteiger partial charge on any atom is -0.392 e. The molecule has 0 aromatic heterocycles. The first-order valence-corrected chi connectivity index (χ1v) is 9.98. The van der Waals surface area contributed by atoms with Crippen molar-refractivity contribution in [2.45, 2.75) is 57.8 Å². The van der Waals surface area contributed by atoms with Crippen LogP contribution in [0.5, 0.6) is 0 Å². The van der Waals surface area contributed by atoms with E-state index in [2.05, 4.69) is 10.6 Å². The summed E-state index contributed by atoms with van der Waals surface area (Å²) in [7, 11) is 0. The Kier molecular flexibility index (Phi) is 4.34. The highest BCUT2D eigenvalue weighted by molar-refractivity contribution is 6.32. The average Bonchev–Trinajstić information content (AvgIpc) is 3.24. The summed E-state index contributed by atoms with van der Waals surface area (Å²) in [6.07, 6.45) is -0.292. The fraction of sp³-hybridized carbons (Fsp3) is 0.550. The minimum atomic E-state index is -1.40. The van der Waals surface area contributed by atoms with Gasteiger partial charge in [0.1, 0.15) is 5.54 Å². The first-order valence-electron chi connectivity index (χ1n) is 9.60. The van der Waals surface area contributed by atoms with Gasteiger partial charge >= 0.3 is 0 Å².